The molecule has 0 aliphatic carbocycles. The molecule has 7 heteroatoms. The quantitative estimate of drug-likeness (QED) is 0.206. The highest BCUT2D eigenvalue weighted by atomic mass is 127. The van der Waals surface area contributed by atoms with Crippen molar-refractivity contribution in [1.82, 2.24) is 15.5 Å². The Kier molecular flexibility index (Phi) is 9.63. The highest BCUT2D eigenvalue weighted by Crippen LogP contribution is 2.18. The number of halogens is 1. The minimum absolute atomic E-state index is 0. The van der Waals surface area contributed by atoms with Crippen LogP contribution in [0.1, 0.15) is 11.1 Å². The van der Waals surface area contributed by atoms with Gasteiger partial charge in [0.2, 0.25) is 5.91 Å². The van der Waals surface area contributed by atoms with E-state index in [4.69, 9.17) is 0 Å². The molecule has 1 amide bonds. The van der Waals surface area contributed by atoms with Crippen molar-refractivity contribution < 1.29 is 4.79 Å². The number of nitrogens with one attached hydrogen (secondary N) is 2. The first-order chi connectivity index (χ1) is 13.3. The lowest BCUT2D eigenvalue weighted by Crippen LogP contribution is -2.46. The number of guanidine groups is 1. The molecule has 3 rings (SSSR count). The molecule has 28 heavy (non-hydrogen) atoms. The average Bonchev–Trinajstić information content (AvgIpc) is 2.73. The van der Waals surface area contributed by atoms with Gasteiger partial charge in [-0.1, -0.05) is 42.5 Å². The van der Waals surface area contributed by atoms with Crippen molar-refractivity contribution in [2.24, 2.45) is 4.99 Å². The number of carbonyl (C=O) groups is 1. The van der Waals surface area contributed by atoms with Gasteiger partial charge in [-0.05, 0) is 29.7 Å². The van der Waals surface area contributed by atoms with E-state index < -0.39 is 0 Å². The summed E-state index contributed by atoms with van der Waals surface area (Å²) in [5, 5.41) is 6.39. The molecular formula is C21H27IN4OS. The number of amides is 1. The van der Waals surface area contributed by atoms with Crippen LogP contribution >= 0.6 is 35.7 Å². The number of nitrogens with zero attached hydrogens (tertiary/aromatic N) is 2. The Morgan fingerprint density at radius 3 is 2.54 bits per heavy atom. The van der Waals surface area contributed by atoms with Crippen LogP contribution in [0.15, 0.2) is 64.5 Å². The first kappa shape index (κ1) is 22.5. The van der Waals surface area contributed by atoms with E-state index in [0.29, 0.717) is 12.5 Å². The molecule has 150 valence electrons. The number of aliphatic imine (C=N–C) groups is 1. The van der Waals surface area contributed by atoms with Gasteiger partial charge in [0.25, 0.3) is 0 Å². The molecule has 0 bridgehead atoms. The van der Waals surface area contributed by atoms with Crippen molar-refractivity contribution in [3.05, 3.63) is 65.7 Å². The molecule has 5 nitrogen and oxygen atoms in total. The minimum atomic E-state index is 0. The summed E-state index contributed by atoms with van der Waals surface area (Å²) in [6.45, 7) is 2.51. The number of thioether (sulfide) groups is 1. The highest BCUT2D eigenvalue weighted by molar-refractivity contribution is 14.0. The van der Waals surface area contributed by atoms with Gasteiger partial charge in [0.15, 0.2) is 5.96 Å². The van der Waals surface area contributed by atoms with Gasteiger partial charge in [0.1, 0.15) is 0 Å². The molecule has 0 saturated carbocycles. The molecule has 0 spiro atoms. The van der Waals surface area contributed by atoms with Gasteiger partial charge in [-0.25, -0.2) is 0 Å². The van der Waals surface area contributed by atoms with Gasteiger partial charge >= 0.3 is 0 Å². The Labute approximate surface area is 188 Å². The second-order valence-corrected chi connectivity index (χ2v) is 7.52. The van der Waals surface area contributed by atoms with E-state index in [1.165, 1.54) is 16.0 Å². The van der Waals surface area contributed by atoms with Crippen molar-refractivity contribution in [2.75, 3.05) is 32.4 Å². The first-order valence-corrected chi connectivity index (χ1v) is 10.2. The lowest BCUT2D eigenvalue weighted by Gasteiger charge is -2.29. The Bertz CT molecular complexity index is 785. The molecule has 1 heterocycles. The maximum atomic E-state index is 12.5. The molecule has 1 aliphatic rings. The van der Waals surface area contributed by atoms with Gasteiger partial charge in [0, 0.05) is 37.3 Å². The fourth-order valence-electron chi connectivity index (χ4n) is 3.06. The van der Waals surface area contributed by atoms with E-state index >= 15 is 0 Å². The Hall–Kier alpha value is -1.74. The van der Waals surface area contributed by atoms with Gasteiger partial charge in [-0.15, -0.1) is 35.7 Å². The molecule has 0 aromatic heterocycles. The second kappa shape index (κ2) is 12.0. The number of rotatable bonds is 6. The molecular weight excluding hydrogens is 483 g/mol. The number of hydrogen-bond donors (Lipinski definition) is 2. The standard InChI is InChI=1S/C21H26N4OS.HI/c1-22-21(23-12-14-27-19-9-3-2-4-10-19)24-15-20(26)25-13-11-17-7-5-6-8-18(17)16-25;/h2-10H,11-16H2,1H3,(H2,22,23,24);1H. The molecule has 0 fully saturated rings. The monoisotopic (exact) mass is 510 g/mol. The van der Waals surface area contributed by atoms with Crippen LogP contribution in [0.25, 0.3) is 0 Å². The van der Waals surface area contributed by atoms with Crippen molar-refractivity contribution >= 4 is 47.6 Å². The third kappa shape index (κ3) is 6.70. The van der Waals surface area contributed by atoms with E-state index in [2.05, 4.69) is 46.0 Å². The van der Waals surface area contributed by atoms with Gasteiger partial charge < -0.3 is 15.5 Å². The smallest absolute Gasteiger partial charge is 0.242 e. The van der Waals surface area contributed by atoms with Crippen LogP contribution < -0.4 is 10.6 Å². The summed E-state index contributed by atoms with van der Waals surface area (Å²) in [5.41, 5.74) is 2.60. The molecule has 2 N–H and O–H groups in total. The van der Waals surface area contributed by atoms with Crippen LogP contribution in [0.5, 0.6) is 0 Å². The van der Waals surface area contributed by atoms with Crippen LogP contribution in [0.2, 0.25) is 0 Å². The first-order valence-electron chi connectivity index (χ1n) is 9.23. The molecule has 0 radical (unpaired) electrons. The molecule has 0 unspecified atom stereocenters. The lowest BCUT2D eigenvalue weighted by atomic mass is 10.00. The van der Waals surface area contributed by atoms with Crippen LogP contribution in [0, 0.1) is 0 Å². The Morgan fingerprint density at radius 2 is 1.79 bits per heavy atom. The van der Waals surface area contributed by atoms with Gasteiger partial charge in [-0.2, -0.15) is 0 Å². The normalized spacial score (nSPS) is 13.3. The molecule has 2 aromatic carbocycles. The summed E-state index contributed by atoms with van der Waals surface area (Å²) < 4.78 is 0. The van der Waals surface area contributed by atoms with Gasteiger partial charge in [0.05, 0.1) is 6.54 Å². The molecule has 2 aromatic rings. The maximum Gasteiger partial charge on any atom is 0.242 e. The summed E-state index contributed by atoms with van der Waals surface area (Å²) in [6.07, 6.45) is 0.922. The molecule has 0 atom stereocenters. The predicted molar refractivity (Wildman–Crippen MR) is 128 cm³/mol. The van der Waals surface area contributed by atoms with Crippen molar-refractivity contribution in [1.29, 1.82) is 0 Å². The largest absolute Gasteiger partial charge is 0.356 e. The summed E-state index contributed by atoms with van der Waals surface area (Å²) in [5.74, 6) is 1.70. The van der Waals surface area contributed by atoms with E-state index in [0.717, 1.165) is 25.3 Å². The highest BCUT2D eigenvalue weighted by Gasteiger charge is 2.20. The fourth-order valence-corrected chi connectivity index (χ4v) is 3.84. The third-order valence-electron chi connectivity index (χ3n) is 4.52. The zero-order chi connectivity index (χ0) is 18.9. The van der Waals surface area contributed by atoms with Crippen LogP contribution in [0.3, 0.4) is 0 Å². The topological polar surface area (TPSA) is 56.7 Å². The average molecular weight is 510 g/mol. The molecule has 1 aliphatic heterocycles. The second-order valence-electron chi connectivity index (χ2n) is 6.35. The number of benzene rings is 2. The zero-order valence-corrected chi connectivity index (χ0v) is 19.2. The number of fused-ring (bicyclic) bond motifs is 1. The number of hydrogen-bond acceptors (Lipinski definition) is 3. The zero-order valence-electron chi connectivity index (χ0n) is 16.1. The summed E-state index contributed by atoms with van der Waals surface area (Å²) in [6, 6.07) is 18.7. The van der Waals surface area contributed by atoms with Crippen molar-refractivity contribution in [2.45, 2.75) is 17.9 Å². The van der Waals surface area contributed by atoms with E-state index in [9.17, 15) is 4.79 Å². The molecule has 0 saturated heterocycles. The predicted octanol–water partition coefficient (Wildman–Crippen LogP) is 3.15. The van der Waals surface area contributed by atoms with Gasteiger partial charge in [-0.3, -0.25) is 9.79 Å². The SMILES string of the molecule is CN=C(NCCSc1ccccc1)NCC(=O)N1CCc2ccccc2C1.I. The third-order valence-corrected chi connectivity index (χ3v) is 5.53. The minimum Gasteiger partial charge on any atom is -0.356 e. The summed E-state index contributed by atoms with van der Waals surface area (Å²) in [7, 11) is 1.72. The van der Waals surface area contributed by atoms with E-state index in [1.807, 2.05) is 29.2 Å². The fraction of sp³-hybridized carbons (Fsp3) is 0.333. The van der Waals surface area contributed by atoms with E-state index in [-0.39, 0.29) is 36.4 Å². The van der Waals surface area contributed by atoms with Crippen LogP contribution in [-0.4, -0.2) is 49.2 Å². The Balaban J connectivity index is 0.00000280. The summed E-state index contributed by atoms with van der Waals surface area (Å²) in [4.78, 5) is 19.9. The maximum absolute atomic E-state index is 12.5. The van der Waals surface area contributed by atoms with E-state index in [1.54, 1.807) is 18.8 Å². The van der Waals surface area contributed by atoms with Crippen molar-refractivity contribution in [3.63, 3.8) is 0 Å². The number of carbonyl (C=O) groups excluding carboxylic acids is 1. The lowest BCUT2D eigenvalue weighted by molar-refractivity contribution is -0.130. The summed E-state index contributed by atoms with van der Waals surface area (Å²) >= 11 is 1.79. The van der Waals surface area contributed by atoms with Crippen LogP contribution in [-0.2, 0) is 17.8 Å². The Morgan fingerprint density at radius 1 is 1.07 bits per heavy atom. The van der Waals surface area contributed by atoms with Crippen molar-refractivity contribution in [3.8, 4) is 0 Å². The van der Waals surface area contributed by atoms with Crippen LogP contribution in [0.4, 0.5) is 0 Å².